The van der Waals surface area contributed by atoms with E-state index < -0.39 is 0 Å². The Balaban J connectivity index is 1.47. The fourth-order valence-corrected chi connectivity index (χ4v) is 5.24. The number of rotatable bonds is 6. The third kappa shape index (κ3) is 4.43. The quantitative estimate of drug-likeness (QED) is 0.320. The molecule has 0 unspecified atom stereocenters. The fourth-order valence-electron chi connectivity index (χ4n) is 3.73. The fraction of sp³-hybridized carbons (Fsp3) is 0.111. The maximum absolute atomic E-state index is 7.10. The van der Waals surface area contributed by atoms with E-state index >= 15 is 0 Å². The normalized spacial score (nSPS) is 17.6. The van der Waals surface area contributed by atoms with Crippen molar-refractivity contribution in [3.63, 3.8) is 0 Å². The van der Waals surface area contributed by atoms with Crippen molar-refractivity contribution in [1.29, 1.82) is 1.43 Å². The minimum Gasteiger partial charge on any atom is -0.508 e. The summed E-state index contributed by atoms with van der Waals surface area (Å²) in [6.45, 7) is 0.444. The van der Waals surface area contributed by atoms with Crippen molar-refractivity contribution >= 4 is 23.4 Å². The van der Waals surface area contributed by atoms with Gasteiger partial charge in [0, 0.05) is 6.07 Å². The first-order chi connectivity index (χ1) is 16.2. The highest BCUT2D eigenvalue weighted by Crippen LogP contribution is 2.55. The first kappa shape index (κ1) is 19.6. The van der Waals surface area contributed by atoms with E-state index in [4.69, 9.17) is 22.5 Å². The summed E-state index contributed by atoms with van der Waals surface area (Å²) in [5, 5.41) is 5.13. The van der Waals surface area contributed by atoms with Crippen molar-refractivity contribution < 1.29 is 14.6 Å². The Morgan fingerprint density at radius 3 is 2.34 bits per heavy atom. The zero-order valence-corrected chi connectivity index (χ0v) is 18.7. The minimum absolute atomic E-state index is 0.0321. The summed E-state index contributed by atoms with van der Waals surface area (Å²) in [7, 11) is 0. The monoisotopic (exact) mass is 462 g/mol. The van der Waals surface area contributed by atoms with E-state index in [0.29, 0.717) is 23.1 Å². The Morgan fingerprint density at radius 2 is 1.62 bits per heavy atom. The lowest BCUT2D eigenvalue weighted by molar-refractivity contribution is 0.190. The van der Waals surface area contributed by atoms with Gasteiger partial charge in [0.05, 0.1) is 15.2 Å². The van der Waals surface area contributed by atoms with Crippen molar-refractivity contribution in [2.75, 3.05) is 0 Å². The second-order valence-corrected chi connectivity index (χ2v) is 9.15. The van der Waals surface area contributed by atoms with E-state index in [0.717, 1.165) is 21.8 Å². The van der Waals surface area contributed by atoms with Crippen LogP contribution in [0.1, 0.15) is 28.0 Å². The standard InChI is InChI=1S/C27H21ClO3S/c28-22-15-24-25(16-23(22)30-17-18-7-3-1-4-8-18)32-27(20-9-5-2-6-10-20)26(31-24)19-11-13-21(29)14-12-19/h1-16,26-27,29H,17H2/t26-,27+/m1/s1/i/hT. The summed E-state index contributed by atoms with van der Waals surface area (Å²) in [6, 6.07) is 31.6. The van der Waals surface area contributed by atoms with Crippen LogP contribution in [0.15, 0.2) is 102 Å². The number of hydrogen-bond acceptors (Lipinski definition) is 4. The van der Waals surface area contributed by atoms with Gasteiger partial charge in [-0.05, 0) is 34.9 Å². The number of halogens is 1. The molecule has 0 radical (unpaired) electrons. The summed E-state index contributed by atoms with van der Waals surface area (Å²) in [5.74, 6) is 1.86. The highest BCUT2D eigenvalue weighted by atomic mass is 35.5. The number of fused-ring (bicyclic) bond motifs is 1. The summed E-state index contributed by atoms with van der Waals surface area (Å²) in [6.07, 6.45) is -0.225. The van der Waals surface area contributed by atoms with Crippen LogP contribution in [0.3, 0.4) is 0 Å². The molecule has 0 saturated carbocycles. The van der Waals surface area contributed by atoms with E-state index in [1.54, 1.807) is 23.9 Å². The molecule has 0 bridgehead atoms. The van der Waals surface area contributed by atoms with Crippen LogP contribution in [-0.4, -0.2) is 6.54 Å². The van der Waals surface area contributed by atoms with Gasteiger partial charge >= 0.3 is 0 Å². The van der Waals surface area contributed by atoms with Gasteiger partial charge in [0.15, 0.2) is 0 Å². The van der Waals surface area contributed by atoms with Crippen LogP contribution in [0.2, 0.25) is 5.02 Å². The number of phenolic OH excluding ortho intramolecular Hbond substituents is 1. The van der Waals surface area contributed by atoms with Gasteiger partial charge in [0.1, 0.15) is 30.0 Å². The van der Waals surface area contributed by atoms with Gasteiger partial charge in [-0.2, -0.15) is 0 Å². The van der Waals surface area contributed by atoms with Crippen molar-refractivity contribution in [3.8, 4) is 17.2 Å². The Bertz CT molecular complexity index is 1220. The van der Waals surface area contributed by atoms with Crippen LogP contribution in [0.5, 0.6) is 17.2 Å². The molecule has 1 aliphatic heterocycles. The van der Waals surface area contributed by atoms with Gasteiger partial charge in [0.2, 0.25) is 0 Å². The Morgan fingerprint density at radius 1 is 0.906 bits per heavy atom. The molecular formula is C27H21ClO3S. The third-order valence-electron chi connectivity index (χ3n) is 5.35. The smallest absolute Gasteiger partial charge is 0.293 e. The molecule has 4 aromatic rings. The van der Waals surface area contributed by atoms with Crippen molar-refractivity contribution in [2.45, 2.75) is 22.9 Å². The third-order valence-corrected chi connectivity index (χ3v) is 7.00. The second kappa shape index (κ2) is 9.19. The summed E-state index contributed by atoms with van der Waals surface area (Å²) >= 11 is 8.30. The Hall–Kier alpha value is -3.08. The van der Waals surface area contributed by atoms with E-state index in [-0.39, 0.29) is 11.4 Å². The maximum atomic E-state index is 7.10. The van der Waals surface area contributed by atoms with Crippen LogP contribution in [0.4, 0.5) is 0 Å². The predicted molar refractivity (Wildman–Crippen MR) is 129 cm³/mol. The topological polar surface area (TPSA) is 38.7 Å². The molecular weight excluding hydrogens is 440 g/mol. The van der Waals surface area contributed by atoms with Crippen LogP contribution in [-0.2, 0) is 6.61 Å². The molecule has 0 fully saturated rings. The second-order valence-electron chi connectivity index (χ2n) is 7.56. The molecule has 32 heavy (non-hydrogen) atoms. The molecule has 5 heteroatoms. The number of aromatic hydroxyl groups is 1. The zero-order chi connectivity index (χ0) is 22.6. The van der Waals surface area contributed by atoms with Gasteiger partial charge in [-0.25, -0.2) is 0 Å². The van der Waals surface area contributed by atoms with Crippen LogP contribution >= 0.6 is 23.4 Å². The molecule has 160 valence electrons. The highest BCUT2D eigenvalue weighted by Gasteiger charge is 2.34. The van der Waals surface area contributed by atoms with E-state index in [1.165, 1.54) is 5.56 Å². The van der Waals surface area contributed by atoms with Crippen LogP contribution in [0.25, 0.3) is 0 Å². The van der Waals surface area contributed by atoms with E-state index in [9.17, 15) is 0 Å². The molecule has 2 atom stereocenters. The first-order valence-corrected chi connectivity index (χ1v) is 11.6. The molecule has 3 nitrogen and oxygen atoms in total. The average Bonchev–Trinajstić information content (AvgIpc) is 2.88. The molecule has 0 amide bonds. The highest BCUT2D eigenvalue weighted by molar-refractivity contribution is 7.99. The maximum Gasteiger partial charge on any atom is 0.293 e. The van der Waals surface area contributed by atoms with E-state index in [1.807, 2.05) is 72.8 Å². The number of hydrogen-bond donors (Lipinski definition) is 1. The Kier molecular flexibility index (Phi) is 5.63. The molecule has 1 aliphatic rings. The number of phenols is 1. The minimum atomic E-state index is -0.225. The van der Waals surface area contributed by atoms with Crippen molar-refractivity contribution in [3.05, 3.63) is 119 Å². The van der Waals surface area contributed by atoms with Gasteiger partial charge in [-0.15, -0.1) is 11.8 Å². The first-order valence-electron chi connectivity index (χ1n) is 10.7. The van der Waals surface area contributed by atoms with Crippen LogP contribution in [0, 0.1) is 0 Å². The number of ether oxygens (including phenoxy) is 2. The summed E-state index contributed by atoms with van der Waals surface area (Å²) in [5.41, 5.74) is 3.25. The molecule has 5 rings (SSSR count). The van der Waals surface area contributed by atoms with Crippen molar-refractivity contribution in [2.24, 2.45) is 0 Å². The van der Waals surface area contributed by atoms with E-state index in [2.05, 4.69) is 17.2 Å². The van der Waals surface area contributed by atoms with Crippen molar-refractivity contribution in [1.82, 2.24) is 0 Å². The molecule has 0 aromatic heterocycles. The molecule has 1 heterocycles. The van der Waals surface area contributed by atoms with Crippen LogP contribution < -0.4 is 9.47 Å². The Labute approximate surface area is 198 Å². The lowest BCUT2D eigenvalue weighted by Gasteiger charge is -2.34. The predicted octanol–water partition coefficient (Wildman–Crippen LogP) is 7.59. The SMILES string of the molecule is [3H]Oc1ccc([C@H]2Oc3cc(Cl)c(OCc4ccccc4)cc3S[C@H]2c2ccccc2)cc1. The average molecular weight is 463 g/mol. The molecule has 1 N–H and O–H groups in total. The summed E-state index contributed by atoms with van der Waals surface area (Å²) in [4.78, 5) is 0.985. The molecule has 0 spiro atoms. The van der Waals surface area contributed by atoms with Gasteiger partial charge < -0.3 is 14.6 Å². The largest absolute Gasteiger partial charge is 0.508 e. The number of benzene rings is 4. The summed E-state index contributed by atoms with van der Waals surface area (Å²) < 4.78 is 19.6. The van der Waals surface area contributed by atoms with Gasteiger partial charge in [-0.1, -0.05) is 84.4 Å². The van der Waals surface area contributed by atoms with Gasteiger partial charge in [0.25, 0.3) is 1.43 Å². The lowest BCUT2D eigenvalue weighted by Crippen LogP contribution is -2.19. The zero-order valence-electron chi connectivity index (χ0n) is 18.1. The van der Waals surface area contributed by atoms with Gasteiger partial charge in [-0.3, -0.25) is 0 Å². The number of thioether (sulfide) groups is 1. The molecule has 0 saturated heterocycles. The lowest BCUT2D eigenvalue weighted by atomic mass is 10.00. The molecule has 0 aliphatic carbocycles. The molecule has 4 aromatic carbocycles.